The second-order valence-electron chi connectivity index (χ2n) is 6.29. The van der Waals surface area contributed by atoms with E-state index in [1.807, 2.05) is 36.4 Å². The monoisotopic (exact) mass is 416 g/mol. The fourth-order valence-electron chi connectivity index (χ4n) is 3.45. The van der Waals surface area contributed by atoms with Crippen LogP contribution in [0.5, 0.6) is 0 Å². The van der Waals surface area contributed by atoms with Gasteiger partial charge in [-0.2, -0.15) is 0 Å². The molecule has 0 fully saturated rings. The van der Waals surface area contributed by atoms with E-state index in [1.54, 1.807) is 0 Å². The molecule has 0 heterocycles. The Kier molecular flexibility index (Phi) is 11.1. The molecule has 0 aromatic heterocycles. The minimum atomic E-state index is 0. The highest BCUT2D eigenvalue weighted by atomic mass is 35.5. The van der Waals surface area contributed by atoms with E-state index in [0.717, 1.165) is 59.3 Å². The summed E-state index contributed by atoms with van der Waals surface area (Å²) >= 11 is 0. The Balaban J connectivity index is 0.00000364. The Morgan fingerprint density at radius 3 is 1.11 bits per heavy atom. The molecular formula is C24H30Cl2N2. The number of rotatable bonds is 9. The summed E-state index contributed by atoms with van der Waals surface area (Å²) in [6, 6.07) is 8.14. The second-order valence-corrected chi connectivity index (χ2v) is 6.29. The lowest BCUT2D eigenvalue weighted by Crippen LogP contribution is -2.05. The van der Waals surface area contributed by atoms with Gasteiger partial charge in [0, 0.05) is 11.4 Å². The third-order valence-corrected chi connectivity index (χ3v) is 4.62. The molecule has 2 rings (SSSR count). The van der Waals surface area contributed by atoms with Crippen LogP contribution in [0.3, 0.4) is 0 Å². The van der Waals surface area contributed by atoms with Gasteiger partial charge in [-0.1, -0.05) is 36.4 Å². The van der Waals surface area contributed by atoms with Crippen molar-refractivity contribution < 1.29 is 0 Å². The average Bonchev–Trinajstić information content (AvgIpc) is 2.62. The maximum Gasteiger partial charge on any atom is 0.0353 e. The number of anilines is 2. The van der Waals surface area contributed by atoms with Gasteiger partial charge in [0.25, 0.3) is 0 Å². The first-order valence-corrected chi connectivity index (χ1v) is 8.83. The summed E-state index contributed by atoms with van der Waals surface area (Å²) < 4.78 is 0. The van der Waals surface area contributed by atoms with Gasteiger partial charge in [0.15, 0.2) is 0 Å². The van der Waals surface area contributed by atoms with Crippen molar-refractivity contribution in [2.24, 2.45) is 0 Å². The molecule has 0 radical (unpaired) electrons. The van der Waals surface area contributed by atoms with Crippen molar-refractivity contribution in [3.63, 3.8) is 0 Å². The van der Waals surface area contributed by atoms with Gasteiger partial charge in [-0.05, 0) is 71.2 Å². The lowest BCUT2D eigenvalue weighted by Gasteiger charge is -2.20. The first kappa shape index (κ1) is 25.6. The van der Waals surface area contributed by atoms with E-state index in [2.05, 4.69) is 38.4 Å². The first-order chi connectivity index (χ1) is 12.6. The Hall–Kier alpha value is -2.42. The van der Waals surface area contributed by atoms with Gasteiger partial charge in [0.2, 0.25) is 0 Å². The molecule has 0 spiro atoms. The number of nitrogens with two attached hydrogens (primary N) is 2. The van der Waals surface area contributed by atoms with Crippen molar-refractivity contribution in [3.05, 3.63) is 97.1 Å². The molecule has 2 aromatic rings. The predicted molar refractivity (Wildman–Crippen MR) is 131 cm³/mol. The van der Waals surface area contributed by atoms with E-state index in [0.29, 0.717) is 0 Å². The number of benzene rings is 2. The van der Waals surface area contributed by atoms with Crippen molar-refractivity contribution in [2.45, 2.75) is 25.7 Å². The first-order valence-electron chi connectivity index (χ1n) is 8.83. The lowest BCUT2D eigenvalue weighted by atomic mass is 9.85. The minimum Gasteiger partial charge on any atom is -0.398 e. The van der Waals surface area contributed by atoms with Gasteiger partial charge in [-0.25, -0.2) is 0 Å². The van der Waals surface area contributed by atoms with Gasteiger partial charge in [0.1, 0.15) is 0 Å². The van der Waals surface area contributed by atoms with Gasteiger partial charge < -0.3 is 11.5 Å². The highest BCUT2D eigenvalue weighted by Gasteiger charge is 2.17. The molecule has 0 saturated heterocycles. The topological polar surface area (TPSA) is 52.0 Å². The number of halogens is 2. The molecule has 0 unspecified atom stereocenters. The zero-order valence-corrected chi connectivity index (χ0v) is 17.9. The van der Waals surface area contributed by atoms with Crippen LogP contribution in [0.15, 0.2) is 74.9 Å². The largest absolute Gasteiger partial charge is 0.398 e. The minimum absolute atomic E-state index is 0. The predicted octanol–water partition coefficient (Wildman–Crippen LogP) is 6.28. The van der Waals surface area contributed by atoms with E-state index in [9.17, 15) is 0 Å². The number of hydrogen-bond donors (Lipinski definition) is 2. The summed E-state index contributed by atoms with van der Waals surface area (Å²) in [7, 11) is 0. The molecule has 2 nitrogen and oxygen atoms in total. The Morgan fingerprint density at radius 1 is 0.536 bits per heavy atom. The van der Waals surface area contributed by atoms with Crippen molar-refractivity contribution in [3.8, 4) is 11.1 Å². The van der Waals surface area contributed by atoms with Gasteiger partial charge in [-0.3, -0.25) is 0 Å². The summed E-state index contributed by atoms with van der Waals surface area (Å²) in [5.74, 6) is 0. The molecule has 150 valence electrons. The number of allylic oxidation sites excluding steroid dienone is 4. The van der Waals surface area contributed by atoms with E-state index < -0.39 is 0 Å². The molecule has 0 atom stereocenters. The third kappa shape index (κ3) is 5.31. The molecular weight excluding hydrogens is 387 g/mol. The number of hydrogen-bond acceptors (Lipinski definition) is 2. The Bertz CT molecular complexity index is 783. The molecule has 0 amide bonds. The van der Waals surface area contributed by atoms with Crippen molar-refractivity contribution in [1.82, 2.24) is 0 Å². The normalized spacial score (nSPS) is 9.57. The Morgan fingerprint density at radius 2 is 0.821 bits per heavy atom. The summed E-state index contributed by atoms with van der Waals surface area (Å²) in [5, 5.41) is 0. The number of nitrogen functional groups attached to an aromatic ring is 2. The molecule has 28 heavy (non-hydrogen) atoms. The fraction of sp³-hybridized carbons (Fsp3) is 0.167. The van der Waals surface area contributed by atoms with Crippen molar-refractivity contribution >= 4 is 36.2 Å². The van der Waals surface area contributed by atoms with Crippen LogP contribution in [0.25, 0.3) is 11.1 Å². The average molecular weight is 417 g/mol. The maximum absolute atomic E-state index is 6.25. The Labute approximate surface area is 181 Å². The van der Waals surface area contributed by atoms with E-state index in [-0.39, 0.29) is 24.8 Å². The van der Waals surface area contributed by atoms with Crippen LogP contribution in [-0.2, 0) is 25.7 Å². The molecule has 0 aliphatic carbocycles. The van der Waals surface area contributed by atoms with Gasteiger partial charge in [-0.15, -0.1) is 51.1 Å². The summed E-state index contributed by atoms with van der Waals surface area (Å²) in [6.45, 7) is 15.6. The summed E-state index contributed by atoms with van der Waals surface area (Å²) in [6.07, 6.45) is 10.6. The zero-order valence-electron chi connectivity index (χ0n) is 16.2. The van der Waals surface area contributed by atoms with Crippen LogP contribution in [0.2, 0.25) is 0 Å². The highest BCUT2D eigenvalue weighted by molar-refractivity contribution is 5.85. The smallest absolute Gasteiger partial charge is 0.0353 e. The zero-order chi connectivity index (χ0) is 19.1. The molecule has 0 aliphatic heterocycles. The van der Waals surface area contributed by atoms with Gasteiger partial charge >= 0.3 is 0 Å². The van der Waals surface area contributed by atoms with Gasteiger partial charge in [0.05, 0.1) is 0 Å². The van der Waals surface area contributed by atoms with Crippen molar-refractivity contribution in [1.29, 1.82) is 0 Å². The quantitative estimate of drug-likeness (QED) is 0.373. The van der Waals surface area contributed by atoms with Crippen LogP contribution in [-0.4, -0.2) is 0 Å². The maximum atomic E-state index is 6.25. The lowest BCUT2D eigenvalue weighted by molar-refractivity contribution is 1.14. The molecule has 0 bridgehead atoms. The standard InChI is InChI=1S/C24H28N2.2ClH/c1-5-9-17-19(13-15-23(25)21(17)11-7-3)20-14-16-24(26)22(12-8-4)18(20)10-6-2;;/h5-8,13-16H,1-4,9-12,25-26H2;2*1H. The van der Waals surface area contributed by atoms with E-state index in [4.69, 9.17) is 11.5 Å². The van der Waals surface area contributed by atoms with E-state index in [1.165, 1.54) is 11.1 Å². The third-order valence-electron chi connectivity index (χ3n) is 4.62. The van der Waals surface area contributed by atoms with E-state index >= 15 is 0 Å². The van der Waals surface area contributed by atoms with Crippen LogP contribution in [0.4, 0.5) is 11.4 Å². The van der Waals surface area contributed by atoms with Crippen LogP contribution >= 0.6 is 24.8 Å². The SMILES string of the molecule is C=CCc1c(N)ccc(-c2ccc(N)c(CC=C)c2CC=C)c1CC=C.Cl.Cl. The second kappa shape index (κ2) is 12.1. The van der Waals surface area contributed by atoms with Crippen molar-refractivity contribution in [2.75, 3.05) is 11.5 Å². The van der Waals surface area contributed by atoms with Crippen LogP contribution in [0, 0.1) is 0 Å². The fourth-order valence-corrected chi connectivity index (χ4v) is 3.45. The van der Waals surface area contributed by atoms with Crippen LogP contribution < -0.4 is 11.5 Å². The molecule has 4 N–H and O–H groups in total. The molecule has 2 aromatic carbocycles. The summed E-state index contributed by atoms with van der Waals surface area (Å²) in [4.78, 5) is 0. The molecule has 4 heteroatoms. The molecule has 0 saturated carbocycles. The molecule has 0 aliphatic rings. The summed E-state index contributed by atoms with van der Waals surface area (Å²) in [5.41, 5.74) is 21.0. The van der Waals surface area contributed by atoms with Crippen LogP contribution in [0.1, 0.15) is 22.3 Å². The highest BCUT2D eigenvalue weighted by Crippen LogP contribution is 2.36.